The maximum Gasteiger partial charge on any atom is 0.326 e. The van der Waals surface area contributed by atoms with Crippen LogP contribution in [0.2, 0.25) is 0 Å². The van der Waals surface area contributed by atoms with Crippen molar-refractivity contribution in [2.75, 3.05) is 0 Å². The highest BCUT2D eigenvalue weighted by Crippen LogP contribution is 2.07. The van der Waals surface area contributed by atoms with Crippen LogP contribution in [0.3, 0.4) is 0 Å². The van der Waals surface area contributed by atoms with Gasteiger partial charge in [-0.15, -0.1) is 0 Å². The summed E-state index contributed by atoms with van der Waals surface area (Å²) in [6.07, 6.45) is -2.31. The number of rotatable bonds is 17. The fourth-order valence-electron chi connectivity index (χ4n) is 3.22. The molecule has 0 spiro atoms. The number of hydrogen-bond donors (Lipinski definition) is 8. The Balaban J connectivity index is 3.13. The number of carboxylic acids is 3. The maximum absolute atomic E-state index is 13.1. The Labute approximate surface area is 216 Å². The molecule has 1 aromatic rings. The third-order valence-corrected chi connectivity index (χ3v) is 5.23. The molecule has 15 nitrogen and oxygen atoms in total. The van der Waals surface area contributed by atoms with Crippen LogP contribution in [0.25, 0.3) is 0 Å². The van der Waals surface area contributed by atoms with Crippen LogP contribution in [-0.4, -0.2) is 81.0 Å². The predicted molar refractivity (Wildman–Crippen MR) is 129 cm³/mol. The van der Waals surface area contributed by atoms with Crippen LogP contribution >= 0.6 is 0 Å². The van der Waals surface area contributed by atoms with Crippen LogP contribution in [0.1, 0.15) is 37.7 Å². The normalized spacial score (nSPS) is 13.7. The third kappa shape index (κ3) is 11.9. The van der Waals surface area contributed by atoms with Gasteiger partial charge in [-0.1, -0.05) is 30.3 Å². The molecule has 0 radical (unpaired) electrons. The molecule has 1 aromatic carbocycles. The van der Waals surface area contributed by atoms with E-state index in [0.29, 0.717) is 5.56 Å². The van der Waals surface area contributed by atoms with Gasteiger partial charge in [-0.3, -0.25) is 28.8 Å². The lowest BCUT2D eigenvalue weighted by Gasteiger charge is -2.25. The van der Waals surface area contributed by atoms with Crippen LogP contribution in [0.5, 0.6) is 0 Å². The summed E-state index contributed by atoms with van der Waals surface area (Å²) in [6, 6.07) is 2.39. The van der Waals surface area contributed by atoms with Crippen molar-refractivity contribution in [3.05, 3.63) is 35.9 Å². The molecule has 0 saturated heterocycles. The number of primary amides is 1. The number of hydrogen-bond acceptors (Lipinski definition) is 8. The standard InChI is InChI=1S/C23H31N5O10/c24-13(6-9-18(30)31)20(34)26-14(7-8-17(25)29)21(35)27-15(10-12-4-2-1-3-5-12)22(36)28-16(23(37)38)11-19(32)33/h1-5,13-16H,6-11,24H2,(H2,25,29)(H,26,34)(H,27,35)(H,28,36)(H,30,31)(H,32,33)(H,37,38). The summed E-state index contributed by atoms with van der Waals surface area (Å²) in [4.78, 5) is 82.8. The van der Waals surface area contributed by atoms with Crippen molar-refractivity contribution >= 4 is 41.5 Å². The number of nitrogens with two attached hydrogens (primary N) is 2. The van der Waals surface area contributed by atoms with Crippen molar-refractivity contribution in [3.8, 4) is 0 Å². The van der Waals surface area contributed by atoms with Gasteiger partial charge in [0.15, 0.2) is 0 Å². The lowest BCUT2D eigenvalue weighted by Crippen LogP contribution is -2.57. The van der Waals surface area contributed by atoms with E-state index in [1.54, 1.807) is 30.3 Å². The summed E-state index contributed by atoms with van der Waals surface area (Å²) in [5.74, 6) is -7.88. The van der Waals surface area contributed by atoms with Crippen LogP contribution in [-0.2, 0) is 40.0 Å². The first-order valence-corrected chi connectivity index (χ1v) is 11.5. The quantitative estimate of drug-likeness (QED) is 0.105. The van der Waals surface area contributed by atoms with E-state index >= 15 is 0 Å². The fourth-order valence-corrected chi connectivity index (χ4v) is 3.22. The lowest BCUT2D eigenvalue weighted by molar-refractivity contribution is -0.147. The van der Waals surface area contributed by atoms with Gasteiger partial charge in [0.2, 0.25) is 23.6 Å². The minimum atomic E-state index is -1.78. The van der Waals surface area contributed by atoms with Crippen molar-refractivity contribution in [3.63, 3.8) is 0 Å². The Morgan fingerprint density at radius 2 is 1.26 bits per heavy atom. The summed E-state index contributed by atoms with van der Waals surface area (Å²) in [5.41, 5.74) is 11.4. The van der Waals surface area contributed by atoms with E-state index in [4.69, 9.17) is 21.7 Å². The Morgan fingerprint density at radius 1 is 0.711 bits per heavy atom. The first kappa shape index (κ1) is 31.5. The highest BCUT2D eigenvalue weighted by atomic mass is 16.4. The number of carbonyl (C=O) groups excluding carboxylic acids is 4. The van der Waals surface area contributed by atoms with Gasteiger partial charge < -0.3 is 42.7 Å². The average Bonchev–Trinajstić information content (AvgIpc) is 2.83. The first-order valence-electron chi connectivity index (χ1n) is 11.5. The molecular formula is C23H31N5O10. The Morgan fingerprint density at radius 3 is 1.79 bits per heavy atom. The highest BCUT2D eigenvalue weighted by Gasteiger charge is 2.31. The number of carbonyl (C=O) groups is 7. The molecule has 0 aliphatic carbocycles. The molecule has 0 heterocycles. The Bertz CT molecular complexity index is 1030. The van der Waals surface area contributed by atoms with Gasteiger partial charge in [-0.25, -0.2) is 4.79 Å². The largest absolute Gasteiger partial charge is 0.481 e. The molecule has 208 valence electrons. The van der Waals surface area contributed by atoms with E-state index in [1.807, 2.05) is 0 Å². The highest BCUT2D eigenvalue weighted by molar-refractivity contribution is 5.95. The zero-order valence-electron chi connectivity index (χ0n) is 20.3. The van der Waals surface area contributed by atoms with E-state index in [1.165, 1.54) is 0 Å². The number of aliphatic carboxylic acids is 3. The summed E-state index contributed by atoms with van der Waals surface area (Å²) in [7, 11) is 0. The number of carboxylic acid groups (broad SMARTS) is 3. The monoisotopic (exact) mass is 537 g/mol. The number of nitrogens with one attached hydrogen (secondary N) is 3. The predicted octanol–water partition coefficient (Wildman–Crippen LogP) is -2.30. The second kappa shape index (κ2) is 15.6. The van der Waals surface area contributed by atoms with Crippen LogP contribution in [0.4, 0.5) is 0 Å². The molecule has 0 bridgehead atoms. The summed E-state index contributed by atoms with van der Waals surface area (Å²) in [6.45, 7) is 0. The molecule has 0 fully saturated rings. The maximum atomic E-state index is 13.1. The van der Waals surface area contributed by atoms with E-state index in [-0.39, 0.29) is 25.7 Å². The molecule has 0 aliphatic heterocycles. The van der Waals surface area contributed by atoms with E-state index in [9.17, 15) is 38.7 Å². The molecule has 0 saturated carbocycles. The summed E-state index contributed by atoms with van der Waals surface area (Å²) >= 11 is 0. The van der Waals surface area contributed by atoms with Crippen molar-refractivity contribution in [1.82, 2.24) is 16.0 Å². The second-order valence-electron chi connectivity index (χ2n) is 8.35. The smallest absolute Gasteiger partial charge is 0.326 e. The molecular weight excluding hydrogens is 506 g/mol. The molecule has 1 rings (SSSR count). The van der Waals surface area contributed by atoms with Crippen LogP contribution in [0, 0.1) is 0 Å². The molecule has 10 N–H and O–H groups in total. The summed E-state index contributed by atoms with van der Waals surface area (Å²) < 4.78 is 0. The van der Waals surface area contributed by atoms with Crippen molar-refractivity contribution in [2.24, 2.45) is 11.5 Å². The molecule has 4 atom stereocenters. The minimum absolute atomic E-state index is 0.133. The van der Waals surface area contributed by atoms with Gasteiger partial charge in [0.25, 0.3) is 0 Å². The van der Waals surface area contributed by atoms with E-state index in [0.717, 1.165) is 0 Å². The average molecular weight is 538 g/mol. The molecule has 15 heteroatoms. The zero-order chi connectivity index (χ0) is 28.8. The van der Waals surface area contributed by atoms with E-state index in [2.05, 4.69) is 16.0 Å². The Kier molecular flexibility index (Phi) is 12.9. The molecule has 0 aromatic heterocycles. The van der Waals surface area contributed by atoms with Crippen LogP contribution in [0.15, 0.2) is 30.3 Å². The zero-order valence-corrected chi connectivity index (χ0v) is 20.3. The molecule has 0 aliphatic rings. The van der Waals surface area contributed by atoms with Gasteiger partial charge in [0.05, 0.1) is 12.5 Å². The number of amides is 4. The number of benzene rings is 1. The van der Waals surface area contributed by atoms with Gasteiger partial charge in [0.1, 0.15) is 18.1 Å². The molecule has 4 amide bonds. The van der Waals surface area contributed by atoms with Crippen molar-refractivity contribution in [2.45, 2.75) is 62.7 Å². The lowest BCUT2D eigenvalue weighted by atomic mass is 10.0. The topological polar surface area (TPSA) is 268 Å². The van der Waals surface area contributed by atoms with Crippen LogP contribution < -0.4 is 27.4 Å². The van der Waals surface area contributed by atoms with Gasteiger partial charge in [-0.2, -0.15) is 0 Å². The van der Waals surface area contributed by atoms with E-state index < -0.39 is 78.5 Å². The molecule has 38 heavy (non-hydrogen) atoms. The van der Waals surface area contributed by atoms with Gasteiger partial charge >= 0.3 is 17.9 Å². The second-order valence-corrected chi connectivity index (χ2v) is 8.35. The first-order chi connectivity index (χ1) is 17.8. The SMILES string of the molecule is NC(=O)CCC(NC(=O)C(N)CCC(=O)O)C(=O)NC(Cc1ccccc1)C(=O)NC(CC(=O)O)C(=O)O. The Hall–Kier alpha value is -4.53. The minimum Gasteiger partial charge on any atom is -0.481 e. The van der Waals surface area contributed by atoms with Crippen molar-refractivity contribution in [1.29, 1.82) is 0 Å². The molecule has 4 unspecified atom stereocenters. The van der Waals surface area contributed by atoms with Crippen molar-refractivity contribution < 1.29 is 48.9 Å². The fraction of sp³-hybridized carbons (Fsp3) is 0.435. The third-order valence-electron chi connectivity index (χ3n) is 5.23. The van der Waals surface area contributed by atoms with Gasteiger partial charge in [0, 0.05) is 19.3 Å². The van der Waals surface area contributed by atoms with Gasteiger partial charge in [-0.05, 0) is 18.4 Å². The summed E-state index contributed by atoms with van der Waals surface area (Å²) in [5, 5.41) is 33.7.